The second-order valence-corrected chi connectivity index (χ2v) is 9.38. The summed E-state index contributed by atoms with van der Waals surface area (Å²) in [6.07, 6.45) is 2.97. The van der Waals surface area contributed by atoms with Crippen molar-refractivity contribution in [1.82, 2.24) is 20.2 Å². The first-order chi connectivity index (χ1) is 17.9. The molecule has 0 radical (unpaired) electrons. The molecule has 37 heavy (non-hydrogen) atoms. The molecule has 0 saturated carbocycles. The fraction of sp³-hybridized carbons (Fsp3) is 0.214. The molecule has 0 spiro atoms. The molecule has 3 aliphatic rings. The molecule has 3 aromatic carbocycles. The van der Waals surface area contributed by atoms with Gasteiger partial charge in [-0.3, -0.25) is 24.6 Å². The SMILES string of the molecule is O=C1CCN(N2C(=O)c3ccc(CN4CC=C(c5cccc6c(F)cccc56)CC4)cc3C2=O)C(=O)N1. The lowest BCUT2D eigenvalue weighted by molar-refractivity contribution is -0.122. The molecule has 5 amide bonds. The molecule has 8 nitrogen and oxygen atoms in total. The molecule has 0 aromatic heterocycles. The minimum atomic E-state index is -0.782. The highest BCUT2D eigenvalue weighted by molar-refractivity contribution is 6.22. The summed E-state index contributed by atoms with van der Waals surface area (Å²) in [6.45, 7) is 2.03. The monoisotopic (exact) mass is 498 g/mol. The fourth-order valence-electron chi connectivity index (χ4n) is 5.25. The van der Waals surface area contributed by atoms with E-state index in [1.807, 2.05) is 24.3 Å². The van der Waals surface area contributed by atoms with E-state index in [1.165, 1.54) is 11.6 Å². The zero-order valence-electron chi connectivity index (χ0n) is 19.9. The van der Waals surface area contributed by atoms with Crippen LogP contribution in [0.2, 0.25) is 0 Å². The van der Waals surface area contributed by atoms with Crippen molar-refractivity contribution < 1.29 is 23.6 Å². The molecular formula is C28H23FN4O4. The highest BCUT2D eigenvalue weighted by Gasteiger charge is 2.43. The van der Waals surface area contributed by atoms with Gasteiger partial charge in [-0.05, 0) is 46.7 Å². The third kappa shape index (κ3) is 3.97. The first-order valence-corrected chi connectivity index (χ1v) is 12.1. The van der Waals surface area contributed by atoms with Crippen LogP contribution in [0.25, 0.3) is 16.3 Å². The Morgan fingerprint density at radius 1 is 0.811 bits per heavy atom. The van der Waals surface area contributed by atoms with Crippen LogP contribution in [0, 0.1) is 5.82 Å². The maximum absolute atomic E-state index is 14.2. The first kappa shape index (κ1) is 23.1. The van der Waals surface area contributed by atoms with Gasteiger partial charge in [-0.1, -0.05) is 42.5 Å². The number of amides is 5. The molecule has 3 aromatic rings. The quantitative estimate of drug-likeness (QED) is 0.554. The van der Waals surface area contributed by atoms with Crippen molar-refractivity contribution in [3.05, 3.63) is 88.7 Å². The number of hydrazine groups is 1. The number of hydrogen-bond donors (Lipinski definition) is 1. The molecule has 6 rings (SSSR count). The van der Waals surface area contributed by atoms with Crippen molar-refractivity contribution >= 4 is 40.1 Å². The van der Waals surface area contributed by atoms with Crippen LogP contribution in [0.15, 0.2) is 60.7 Å². The van der Waals surface area contributed by atoms with Crippen molar-refractivity contribution in [3.63, 3.8) is 0 Å². The largest absolute Gasteiger partial charge is 0.343 e. The normalized spacial score (nSPS) is 18.4. The van der Waals surface area contributed by atoms with E-state index in [-0.39, 0.29) is 29.9 Å². The van der Waals surface area contributed by atoms with Crippen LogP contribution in [-0.2, 0) is 11.3 Å². The Hall–Kier alpha value is -4.37. The predicted octanol–water partition coefficient (Wildman–Crippen LogP) is 3.72. The number of fused-ring (bicyclic) bond motifs is 2. The Morgan fingerprint density at radius 2 is 1.59 bits per heavy atom. The Bertz CT molecular complexity index is 1530. The lowest BCUT2D eigenvalue weighted by atomic mass is 9.94. The van der Waals surface area contributed by atoms with Gasteiger partial charge in [0.2, 0.25) is 5.91 Å². The average molecular weight is 499 g/mol. The van der Waals surface area contributed by atoms with Gasteiger partial charge in [0, 0.05) is 31.4 Å². The van der Waals surface area contributed by atoms with Gasteiger partial charge in [0.15, 0.2) is 0 Å². The highest BCUT2D eigenvalue weighted by atomic mass is 19.1. The molecular weight excluding hydrogens is 475 g/mol. The summed E-state index contributed by atoms with van der Waals surface area (Å²) in [5.74, 6) is -1.81. The van der Waals surface area contributed by atoms with Crippen LogP contribution in [-0.4, -0.2) is 58.3 Å². The molecule has 0 bridgehead atoms. The van der Waals surface area contributed by atoms with E-state index >= 15 is 0 Å². The maximum atomic E-state index is 14.2. The summed E-state index contributed by atoms with van der Waals surface area (Å²) in [7, 11) is 0. The molecule has 0 unspecified atom stereocenters. The van der Waals surface area contributed by atoms with E-state index < -0.39 is 23.8 Å². The number of imide groups is 2. The van der Waals surface area contributed by atoms with Gasteiger partial charge in [-0.2, -0.15) is 5.01 Å². The summed E-state index contributed by atoms with van der Waals surface area (Å²) in [6, 6.07) is 15.2. The Kier molecular flexibility index (Phi) is 5.57. The lowest BCUT2D eigenvalue weighted by Crippen LogP contribution is -2.58. The molecule has 3 aliphatic heterocycles. The molecule has 1 saturated heterocycles. The number of benzene rings is 3. The second kappa shape index (κ2) is 8.94. The van der Waals surface area contributed by atoms with Crippen molar-refractivity contribution in [2.24, 2.45) is 0 Å². The van der Waals surface area contributed by atoms with Gasteiger partial charge < -0.3 is 0 Å². The van der Waals surface area contributed by atoms with Crippen LogP contribution < -0.4 is 5.32 Å². The first-order valence-electron chi connectivity index (χ1n) is 12.1. The van der Waals surface area contributed by atoms with E-state index in [4.69, 9.17) is 0 Å². The predicted molar refractivity (Wildman–Crippen MR) is 134 cm³/mol. The van der Waals surface area contributed by atoms with E-state index in [9.17, 15) is 23.6 Å². The molecule has 1 fully saturated rings. The summed E-state index contributed by atoms with van der Waals surface area (Å²) in [4.78, 5) is 51.8. The fourth-order valence-corrected chi connectivity index (χ4v) is 5.25. The van der Waals surface area contributed by atoms with E-state index in [2.05, 4.69) is 16.3 Å². The number of hydrogen-bond acceptors (Lipinski definition) is 5. The molecule has 186 valence electrons. The van der Waals surface area contributed by atoms with Gasteiger partial charge >= 0.3 is 6.03 Å². The second-order valence-electron chi connectivity index (χ2n) is 9.38. The van der Waals surface area contributed by atoms with Crippen LogP contribution in [0.3, 0.4) is 0 Å². The maximum Gasteiger partial charge on any atom is 0.343 e. The van der Waals surface area contributed by atoms with Crippen LogP contribution in [0.5, 0.6) is 0 Å². The zero-order valence-corrected chi connectivity index (χ0v) is 19.9. The minimum absolute atomic E-state index is 0.0164. The number of nitrogens with one attached hydrogen (secondary N) is 1. The highest BCUT2D eigenvalue weighted by Crippen LogP contribution is 2.31. The number of urea groups is 1. The molecule has 3 heterocycles. The van der Waals surface area contributed by atoms with Gasteiger partial charge in [0.05, 0.1) is 17.7 Å². The third-order valence-electron chi connectivity index (χ3n) is 7.12. The van der Waals surface area contributed by atoms with Gasteiger partial charge in [-0.15, -0.1) is 0 Å². The summed E-state index contributed by atoms with van der Waals surface area (Å²) in [5.41, 5.74) is 3.59. The van der Waals surface area contributed by atoms with E-state index in [0.29, 0.717) is 18.5 Å². The Morgan fingerprint density at radius 3 is 2.38 bits per heavy atom. The topological polar surface area (TPSA) is 90.0 Å². The number of carbonyl (C=O) groups is 4. The van der Waals surface area contributed by atoms with Crippen molar-refractivity contribution in [3.8, 4) is 0 Å². The molecule has 0 aliphatic carbocycles. The van der Waals surface area contributed by atoms with E-state index in [0.717, 1.165) is 39.5 Å². The van der Waals surface area contributed by atoms with Gasteiger partial charge in [0.25, 0.3) is 11.8 Å². The average Bonchev–Trinajstić information content (AvgIpc) is 3.14. The summed E-state index contributed by atoms with van der Waals surface area (Å²) in [5, 5.41) is 5.46. The number of nitrogens with zero attached hydrogens (tertiary/aromatic N) is 3. The minimum Gasteiger partial charge on any atom is -0.295 e. The van der Waals surface area contributed by atoms with Crippen LogP contribution >= 0.6 is 0 Å². The Balaban J connectivity index is 1.18. The van der Waals surface area contributed by atoms with Crippen LogP contribution in [0.4, 0.5) is 9.18 Å². The van der Waals surface area contributed by atoms with E-state index in [1.54, 1.807) is 24.3 Å². The van der Waals surface area contributed by atoms with Crippen LogP contribution in [0.1, 0.15) is 44.7 Å². The summed E-state index contributed by atoms with van der Waals surface area (Å²) >= 11 is 0. The number of carbonyl (C=O) groups excluding carboxylic acids is 4. The lowest BCUT2D eigenvalue weighted by Gasteiger charge is -2.32. The summed E-state index contributed by atoms with van der Waals surface area (Å²) < 4.78 is 14.2. The third-order valence-corrected chi connectivity index (χ3v) is 7.12. The Labute approximate surface area is 211 Å². The standard InChI is InChI=1S/C28H23FN4O4/c29-24-6-2-4-20-19(3-1-5-21(20)24)18-9-12-31(13-10-18)16-17-7-8-22-23(15-17)27(36)33(26(22)35)32-14-11-25(34)30-28(32)37/h1-9,15H,10-14,16H2,(H,30,34,37). The number of halogens is 1. The van der Waals surface area contributed by atoms with Gasteiger partial charge in [0.1, 0.15) is 5.82 Å². The number of rotatable bonds is 4. The van der Waals surface area contributed by atoms with Crippen molar-refractivity contribution in [1.29, 1.82) is 0 Å². The van der Waals surface area contributed by atoms with Gasteiger partial charge in [-0.25, -0.2) is 14.2 Å². The molecule has 9 heteroatoms. The molecule has 1 N–H and O–H groups in total. The molecule has 0 atom stereocenters. The van der Waals surface area contributed by atoms with Crippen molar-refractivity contribution in [2.45, 2.75) is 19.4 Å². The zero-order chi connectivity index (χ0) is 25.7. The van der Waals surface area contributed by atoms with Crippen molar-refractivity contribution in [2.75, 3.05) is 19.6 Å². The smallest absolute Gasteiger partial charge is 0.295 e.